The summed E-state index contributed by atoms with van der Waals surface area (Å²) in [4.78, 5) is 13.1. The molecule has 3 heteroatoms. The summed E-state index contributed by atoms with van der Waals surface area (Å²) in [6.45, 7) is 6.63. The fourth-order valence-electron chi connectivity index (χ4n) is 1.34. The van der Waals surface area contributed by atoms with Gasteiger partial charge in [-0.15, -0.1) is 0 Å². The van der Waals surface area contributed by atoms with Crippen molar-refractivity contribution in [2.45, 2.75) is 25.9 Å². The smallest absolute Gasteiger partial charge is 0.248 e. The highest BCUT2D eigenvalue weighted by Crippen LogP contribution is 2.11. The molecule has 0 aromatic heterocycles. The lowest BCUT2D eigenvalue weighted by molar-refractivity contribution is -0.128. The largest absolute Gasteiger partial charge is 0.393 e. The molecule has 0 atom stereocenters. The van der Waals surface area contributed by atoms with Crippen LogP contribution < -0.4 is 0 Å². The molecular formula is C9H15NO2. The maximum Gasteiger partial charge on any atom is 0.248 e. The van der Waals surface area contributed by atoms with Gasteiger partial charge in [0.15, 0.2) is 0 Å². The molecule has 1 amide bonds. The van der Waals surface area contributed by atoms with Gasteiger partial charge in [-0.1, -0.05) is 6.58 Å². The van der Waals surface area contributed by atoms with E-state index in [4.69, 9.17) is 0 Å². The highest BCUT2D eigenvalue weighted by Gasteiger charge is 2.20. The molecule has 1 rings (SSSR count). The Hall–Kier alpha value is -0.830. The van der Waals surface area contributed by atoms with Crippen molar-refractivity contribution in [2.75, 3.05) is 13.1 Å². The monoisotopic (exact) mass is 169 g/mol. The van der Waals surface area contributed by atoms with Crippen LogP contribution in [-0.4, -0.2) is 35.1 Å². The number of hydrogen-bond donors (Lipinski definition) is 1. The van der Waals surface area contributed by atoms with Gasteiger partial charge in [0.2, 0.25) is 5.91 Å². The quantitative estimate of drug-likeness (QED) is 0.582. The van der Waals surface area contributed by atoms with E-state index < -0.39 is 0 Å². The maximum absolute atomic E-state index is 11.3. The van der Waals surface area contributed by atoms with Crippen LogP contribution in [0.5, 0.6) is 0 Å². The fourth-order valence-corrected chi connectivity index (χ4v) is 1.34. The SMILES string of the molecule is C=C(C)C(=O)N1CCC(O)CC1. The zero-order chi connectivity index (χ0) is 9.14. The van der Waals surface area contributed by atoms with Crippen LogP contribution in [-0.2, 0) is 4.79 Å². The van der Waals surface area contributed by atoms with Crippen molar-refractivity contribution < 1.29 is 9.90 Å². The van der Waals surface area contributed by atoms with E-state index in [-0.39, 0.29) is 12.0 Å². The number of piperidine rings is 1. The van der Waals surface area contributed by atoms with Crippen molar-refractivity contribution in [3.63, 3.8) is 0 Å². The van der Waals surface area contributed by atoms with Crippen LogP contribution in [0.2, 0.25) is 0 Å². The van der Waals surface area contributed by atoms with E-state index in [1.54, 1.807) is 11.8 Å². The molecule has 0 spiro atoms. The standard InChI is InChI=1S/C9H15NO2/c1-7(2)9(12)10-5-3-8(11)4-6-10/h8,11H,1,3-6H2,2H3. The minimum atomic E-state index is -0.223. The van der Waals surface area contributed by atoms with Crippen LogP contribution in [0.15, 0.2) is 12.2 Å². The second-order valence-corrected chi connectivity index (χ2v) is 3.30. The Bertz CT molecular complexity index is 193. The van der Waals surface area contributed by atoms with Crippen molar-refractivity contribution in [1.29, 1.82) is 0 Å². The third-order valence-electron chi connectivity index (χ3n) is 2.12. The van der Waals surface area contributed by atoms with Gasteiger partial charge in [0, 0.05) is 18.7 Å². The first-order valence-electron chi connectivity index (χ1n) is 4.24. The van der Waals surface area contributed by atoms with E-state index in [1.165, 1.54) is 0 Å². The minimum Gasteiger partial charge on any atom is -0.393 e. The Morgan fingerprint density at radius 1 is 1.50 bits per heavy atom. The average molecular weight is 169 g/mol. The van der Waals surface area contributed by atoms with E-state index in [2.05, 4.69) is 6.58 Å². The summed E-state index contributed by atoms with van der Waals surface area (Å²) in [6.07, 6.45) is 1.16. The third kappa shape index (κ3) is 2.08. The van der Waals surface area contributed by atoms with Crippen molar-refractivity contribution in [1.82, 2.24) is 4.90 Å². The molecule has 68 valence electrons. The van der Waals surface area contributed by atoms with Crippen LogP contribution in [0, 0.1) is 0 Å². The Kier molecular flexibility index (Phi) is 2.87. The van der Waals surface area contributed by atoms with E-state index >= 15 is 0 Å². The molecule has 0 aromatic rings. The van der Waals surface area contributed by atoms with Crippen LogP contribution in [0.4, 0.5) is 0 Å². The summed E-state index contributed by atoms with van der Waals surface area (Å²) in [5, 5.41) is 9.19. The van der Waals surface area contributed by atoms with Gasteiger partial charge in [-0.25, -0.2) is 0 Å². The molecule has 1 fully saturated rings. The summed E-state index contributed by atoms with van der Waals surface area (Å²) in [7, 11) is 0. The first kappa shape index (κ1) is 9.26. The van der Waals surface area contributed by atoms with Crippen LogP contribution >= 0.6 is 0 Å². The Morgan fingerprint density at radius 2 is 2.00 bits per heavy atom. The van der Waals surface area contributed by atoms with Crippen molar-refractivity contribution in [2.24, 2.45) is 0 Å². The molecule has 1 saturated heterocycles. The lowest BCUT2D eigenvalue weighted by Gasteiger charge is -2.29. The molecule has 0 saturated carbocycles. The normalized spacial score (nSPS) is 19.3. The molecule has 12 heavy (non-hydrogen) atoms. The topological polar surface area (TPSA) is 40.5 Å². The minimum absolute atomic E-state index is 0.0156. The first-order valence-corrected chi connectivity index (χ1v) is 4.24. The molecule has 1 aliphatic heterocycles. The molecule has 1 aliphatic rings. The highest BCUT2D eigenvalue weighted by atomic mass is 16.3. The van der Waals surface area contributed by atoms with Crippen LogP contribution in [0.1, 0.15) is 19.8 Å². The summed E-state index contributed by atoms with van der Waals surface area (Å²) in [6, 6.07) is 0. The average Bonchev–Trinajstić information content (AvgIpc) is 2.04. The van der Waals surface area contributed by atoms with Crippen molar-refractivity contribution >= 4 is 5.91 Å². The zero-order valence-electron chi connectivity index (χ0n) is 7.42. The van der Waals surface area contributed by atoms with Gasteiger partial charge < -0.3 is 10.0 Å². The summed E-state index contributed by atoms with van der Waals surface area (Å²) in [5.74, 6) is 0.0156. The van der Waals surface area contributed by atoms with E-state index in [0.29, 0.717) is 31.5 Å². The van der Waals surface area contributed by atoms with Crippen molar-refractivity contribution in [3.05, 3.63) is 12.2 Å². The molecule has 1 heterocycles. The zero-order valence-corrected chi connectivity index (χ0v) is 7.42. The number of amides is 1. The lowest BCUT2D eigenvalue weighted by Crippen LogP contribution is -2.40. The highest BCUT2D eigenvalue weighted by molar-refractivity contribution is 5.92. The number of carbonyl (C=O) groups excluding carboxylic acids is 1. The summed E-state index contributed by atoms with van der Waals surface area (Å²) < 4.78 is 0. The van der Waals surface area contributed by atoms with Gasteiger partial charge >= 0.3 is 0 Å². The number of aliphatic hydroxyl groups excluding tert-OH is 1. The molecule has 0 aromatic carbocycles. The van der Waals surface area contributed by atoms with Gasteiger partial charge in [0.05, 0.1) is 6.10 Å². The molecular weight excluding hydrogens is 154 g/mol. The van der Waals surface area contributed by atoms with Gasteiger partial charge in [-0.2, -0.15) is 0 Å². The van der Waals surface area contributed by atoms with Gasteiger partial charge in [-0.3, -0.25) is 4.79 Å². The number of aliphatic hydroxyl groups is 1. The second kappa shape index (κ2) is 3.72. The Morgan fingerprint density at radius 3 is 2.42 bits per heavy atom. The van der Waals surface area contributed by atoms with Gasteiger partial charge in [0.25, 0.3) is 0 Å². The molecule has 0 radical (unpaired) electrons. The van der Waals surface area contributed by atoms with E-state index in [9.17, 15) is 9.90 Å². The molecule has 1 N–H and O–H groups in total. The van der Waals surface area contributed by atoms with Gasteiger partial charge in [0.1, 0.15) is 0 Å². The predicted octanol–water partition coefficient (Wildman–Crippen LogP) is 0.546. The maximum atomic E-state index is 11.3. The Balaban J connectivity index is 2.44. The second-order valence-electron chi connectivity index (χ2n) is 3.30. The number of hydrogen-bond acceptors (Lipinski definition) is 2. The number of rotatable bonds is 1. The predicted molar refractivity (Wildman–Crippen MR) is 46.6 cm³/mol. The lowest BCUT2D eigenvalue weighted by atomic mass is 10.1. The van der Waals surface area contributed by atoms with Crippen LogP contribution in [0.3, 0.4) is 0 Å². The van der Waals surface area contributed by atoms with Crippen molar-refractivity contribution in [3.8, 4) is 0 Å². The first-order chi connectivity index (χ1) is 5.61. The number of carbonyl (C=O) groups is 1. The number of nitrogens with zero attached hydrogens (tertiary/aromatic N) is 1. The van der Waals surface area contributed by atoms with E-state index in [1.807, 2.05) is 0 Å². The van der Waals surface area contributed by atoms with Gasteiger partial charge in [-0.05, 0) is 19.8 Å². The number of likely N-dealkylation sites (tertiary alicyclic amines) is 1. The Labute approximate surface area is 72.7 Å². The van der Waals surface area contributed by atoms with E-state index in [0.717, 1.165) is 0 Å². The summed E-state index contributed by atoms with van der Waals surface area (Å²) in [5.41, 5.74) is 0.575. The third-order valence-corrected chi connectivity index (χ3v) is 2.12. The molecule has 0 unspecified atom stereocenters. The molecule has 0 aliphatic carbocycles. The molecule has 3 nitrogen and oxygen atoms in total. The molecule has 0 bridgehead atoms. The fraction of sp³-hybridized carbons (Fsp3) is 0.667. The summed E-state index contributed by atoms with van der Waals surface area (Å²) >= 11 is 0. The van der Waals surface area contributed by atoms with Crippen LogP contribution in [0.25, 0.3) is 0 Å².